The molecule has 0 spiro atoms. The zero-order valence-electron chi connectivity index (χ0n) is 15.3. The number of piperazine rings is 1. The fraction of sp³-hybridized carbons (Fsp3) is 0.778. The summed E-state index contributed by atoms with van der Waals surface area (Å²) in [6.45, 7) is 17.7. The van der Waals surface area contributed by atoms with E-state index in [4.69, 9.17) is 4.98 Å². The summed E-state index contributed by atoms with van der Waals surface area (Å²) in [5.41, 5.74) is 2.77. The highest BCUT2D eigenvalue weighted by molar-refractivity contribution is 5.35. The van der Waals surface area contributed by atoms with Crippen molar-refractivity contribution in [1.82, 2.24) is 19.8 Å². The van der Waals surface area contributed by atoms with E-state index in [2.05, 4.69) is 60.5 Å². The molecule has 0 amide bonds. The topological polar surface area (TPSA) is 35.5 Å². The average molecular weight is 317 g/mol. The first-order valence-corrected chi connectivity index (χ1v) is 8.93. The predicted octanol–water partition coefficient (Wildman–Crippen LogP) is 2.16. The van der Waals surface area contributed by atoms with Crippen LogP contribution in [-0.4, -0.2) is 64.1 Å². The highest BCUT2D eigenvalue weighted by atomic mass is 15.3. The van der Waals surface area contributed by atoms with Crippen LogP contribution in [0.5, 0.6) is 0 Å². The third-order valence-electron chi connectivity index (χ3n) is 5.20. The predicted molar refractivity (Wildman–Crippen MR) is 94.8 cm³/mol. The van der Waals surface area contributed by atoms with E-state index in [-0.39, 0.29) is 5.54 Å². The summed E-state index contributed by atoms with van der Waals surface area (Å²) in [7, 11) is 0. The quantitative estimate of drug-likeness (QED) is 0.835. The van der Waals surface area contributed by atoms with Gasteiger partial charge in [-0.2, -0.15) is 0 Å². The van der Waals surface area contributed by atoms with Crippen LogP contribution in [0.2, 0.25) is 0 Å². The minimum absolute atomic E-state index is 0.212. The van der Waals surface area contributed by atoms with Crippen molar-refractivity contribution in [2.75, 3.05) is 37.6 Å². The number of rotatable bonds is 2. The van der Waals surface area contributed by atoms with Gasteiger partial charge < -0.3 is 4.90 Å². The molecule has 3 rings (SSSR count). The summed E-state index contributed by atoms with van der Waals surface area (Å²) in [5, 5.41) is 0. The number of fused-ring (bicyclic) bond motifs is 1. The van der Waals surface area contributed by atoms with Gasteiger partial charge in [-0.3, -0.25) is 9.80 Å². The first-order chi connectivity index (χ1) is 10.8. The molecule has 0 aromatic carbocycles. The Hall–Kier alpha value is -1.20. The lowest BCUT2D eigenvalue weighted by molar-refractivity contribution is 0.119. The van der Waals surface area contributed by atoms with Gasteiger partial charge in [0, 0.05) is 69.0 Å². The second kappa shape index (κ2) is 6.36. The molecule has 1 fully saturated rings. The first kappa shape index (κ1) is 16.7. The zero-order chi connectivity index (χ0) is 16.6. The molecule has 1 saturated heterocycles. The average Bonchev–Trinajstić information content (AvgIpc) is 2.53. The van der Waals surface area contributed by atoms with Gasteiger partial charge in [-0.1, -0.05) is 0 Å². The Labute approximate surface area is 140 Å². The van der Waals surface area contributed by atoms with E-state index in [1.165, 1.54) is 11.3 Å². The maximum Gasteiger partial charge on any atom is 0.225 e. The van der Waals surface area contributed by atoms with Crippen molar-refractivity contribution in [3.8, 4) is 0 Å². The summed E-state index contributed by atoms with van der Waals surface area (Å²) >= 11 is 0. The fourth-order valence-electron chi connectivity index (χ4n) is 3.47. The molecule has 2 aliphatic rings. The van der Waals surface area contributed by atoms with Crippen molar-refractivity contribution >= 4 is 5.95 Å². The molecular formula is C18H31N5. The molecule has 0 saturated carbocycles. The molecule has 0 unspecified atom stereocenters. The summed E-state index contributed by atoms with van der Waals surface area (Å²) in [6.07, 6.45) is 3.10. The van der Waals surface area contributed by atoms with E-state index in [1.807, 2.05) is 0 Å². The Morgan fingerprint density at radius 1 is 1.04 bits per heavy atom. The summed E-state index contributed by atoms with van der Waals surface area (Å²) in [4.78, 5) is 16.9. The zero-order valence-corrected chi connectivity index (χ0v) is 15.3. The Bertz CT molecular complexity index is 541. The lowest BCUT2D eigenvalue weighted by atomic mass is 9.99. The lowest BCUT2D eigenvalue weighted by Crippen LogP contribution is -2.49. The van der Waals surface area contributed by atoms with Crippen LogP contribution in [0.25, 0.3) is 0 Å². The number of anilines is 1. The van der Waals surface area contributed by atoms with Gasteiger partial charge in [0.05, 0.1) is 5.69 Å². The highest BCUT2D eigenvalue weighted by Crippen LogP contribution is 2.25. The number of nitrogens with zero attached hydrogens (tertiary/aromatic N) is 5. The minimum Gasteiger partial charge on any atom is -0.338 e. The van der Waals surface area contributed by atoms with Crippen LogP contribution in [0, 0.1) is 0 Å². The molecule has 1 aromatic rings. The molecule has 128 valence electrons. The van der Waals surface area contributed by atoms with Crippen LogP contribution in [0.1, 0.15) is 45.9 Å². The molecule has 0 aliphatic carbocycles. The van der Waals surface area contributed by atoms with Crippen LogP contribution in [0.15, 0.2) is 6.20 Å². The molecule has 5 nitrogen and oxygen atoms in total. The van der Waals surface area contributed by atoms with E-state index < -0.39 is 0 Å². The van der Waals surface area contributed by atoms with Gasteiger partial charge in [0.25, 0.3) is 0 Å². The second-order valence-electron chi connectivity index (χ2n) is 8.10. The van der Waals surface area contributed by atoms with Gasteiger partial charge in [0.2, 0.25) is 5.95 Å². The van der Waals surface area contributed by atoms with Crippen LogP contribution >= 0.6 is 0 Å². The second-order valence-corrected chi connectivity index (χ2v) is 8.10. The number of hydrogen-bond donors (Lipinski definition) is 0. The van der Waals surface area contributed by atoms with E-state index >= 15 is 0 Å². The van der Waals surface area contributed by atoms with Gasteiger partial charge >= 0.3 is 0 Å². The van der Waals surface area contributed by atoms with Crippen molar-refractivity contribution in [3.63, 3.8) is 0 Å². The van der Waals surface area contributed by atoms with E-state index in [0.717, 1.165) is 51.6 Å². The number of hydrogen-bond acceptors (Lipinski definition) is 5. The minimum atomic E-state index is 0.212. The van der Waals surface area contributed by atoms with E-state index in [1.54, 1.807) is 0 Å². The van der Waals surface area contributed by atoms with Gasteiger partial charge in [-0.05, 0) is 34.6 Å². The Kier molecular flexibility index (Phi) is 4.61. The van der Waals surface area contributed by atoms with Crippen LogP contribution < -0.4 is 4.90 Å². The van der Waals surface area contributed by atoms with Crippen molar-refractivity contribution < 1.29 is 0 Å². The van der Waals surface area contributed by atoms with Gasteiger partial charge in [0.15, 0.2) is 0 Å². The summed E-state index contributed by atoms with van der Waals surface area (Å²) in [5.74, 6) is 0.927. The maximum absolute atomic E-state index is 4.89. The van der Waals surface area contributed by atoms with E-state index in [9.17, 15) is 0 Å². The maximum atomic E-state index is 4.89. The van der Waals surface area contributed by atoms with Crippen molar-refractivity contribution in [2.24, 2.45) is 0 Å². The van der Waals surface area contributed by atoms with Gasteiger partial charge in [-0.15, -0.1) is 0 Å². The molecule has 0 N–H and O–H groups in total. The third-order valence-corrected chi connectivity index (χ3v) is 5.20. The third kappa shape index (κ3) is 3.66. The van der Waals surface area contributed by atoms with Gasteiger partial charge in [0.1, 0.15) is 0 Å². The van der Waals surface area contributed by atoms with Gasteiger partial charge in [-0.25, -0.2) is 9.97 Å². The molecule has 0 bridgehead atoms. The van der Waals surface area contributed by atoms with Crippen LogP contribution in [0.4, 0.5) is 5.95 Å². The lowest BCUT2D eigenvalue weighted by Gasteiger charge is -2.39. The Morgan fingerprint density at radius 3 is 2.35 bits per heavy atom. The smallest absolute Gasteiger partial charge is 0.225 e. The van der Waals surface area contributed by atoms with Crippen molar-refractivity contribution in [2.45, 2.75) is 59.2 Å². The largest absolute Gasteiger partial charge is 0.338 e. The van der Waals surface area contributed by atoms with E-state index in [0.29, 0.717) is 6.04 Å². The summed E-state index contributed by atoms with van der Waals surface area (Å²) < 4.78 is 0. The molecule has 0 radical (unpaired) electrons. The highest BCUT2D eigenvalue weighted by Gasteiger charge is 2.27. The molecule has 5 heteroatoms. The molecule has 3 heterocycles. The monoisotopic (exact) mass is 317 g/mol. The van der Waals surface area contributed by atoms with Crippen LogP contribution in [0.3, 0.4) is 0 Å². The normalized spacial score (nSPS) is 20.9. The molecule has 2 aliphatic heterocycles. The van der Waals surface area contributed by atoms with Crippen molar-refractivity contribution in [3.05, 3.63) is 17.5 Å². The molecule has 23 heavy (non-hydrogen) atoms. The van der Waals surface area contributed by atoms with Crippen molar-refractivity contribution in [1.29, 1.82) is 0 Å². The first-order valence-electron chi connectivity index (χ1n) is 8.93. The molecule has 1 aromatic heterocycles. The number of aromatic nitrogens is 2. The standard InChI is InChI=1S/C18H31N5/c1-14(2)21-8-10-22(11-9-21)17-19-12-15-13-23(18(3,4)5)7-6-16(15)20-17/h12,14H,6-11,13H2,1-5H3. The molecular weight excluding hydrogens is 286 g/mol. The van der Waals surface area contributed by atoms with Crippen LogP contribution in [-0.2, 0) is 13.0 Å². The Balaban J connectivity index is 1.69. The Morgan fingerprint density at radius 2 is 1.74 bits per heavy atom. The summed E-state index contributed by atoms with van der Waals surface area (Å²) in [6, 6.07) is 0.630. The fourth-order valence-corrected chi connectivity index (χ4v) is 3.47. The molecule has 0 atom stereocenters. The SMILES string of the molecule is CC(C)N1CCN(c2ncc3c(n2)CCN(C(C)(C)C)C3)CC1.